The Labute approximate surface area is 122 Å². The number of hydrogen-bond acceptors (Lipinski definition) is 5. The average Bonchev–Trinajstić information content (AvgIpc) is 2.42. The van der Waals surface area contributed by atoms with E-state index in [9.17, 15) is 0 Å². The molecule has 2 N–H and O–H groups in total. The van der Waals surface area contributed by atoms with Crippen LogP contribution < -0.4 is 10.6 Å². The molecule has 5 heteroatoms. The molecule has 0 aromatic carbocycles. The molecule has 5 nitrogen and oxygen atoms in total. The molecule has 0 fully saturated rings. The Morgan fingerprint density at radius 2 is 1.80 bits per heavy atom. The largest absolute Gasteiger partial charge is 0.384 e. The van der Waals surface area contributed by atoms with Crippen LogP contribution in [0.1, 0.15) is 45.6 Å². The quantitative estimate of drug-likeness (QED) is 0.728. The Balaban J connectivity index is 2.83. The van der Waals surface area contributed by atoms with Crippen LogP contribution >= 0.6 is 0 Å². The maximum atomic E-state index is 5.16. The van der Waals surface area contributed by atoms with Crippen LogP contribution in [0.15, 0.2) is 6.33 Å². The van der Waals surface area contributed by atoms with Gasteiger partial charge >= 0.3 is 0 Å². The van der Waals surface area contributed by atoms with Gasteiger partial charge in [-0.25, -0.2) is 9.97 Å². The summed E-state index contributed by atoms with van der Waals surface area (Å²) < 4.78 is 5.16. The van der Waals surface area contributed by atoms with E-state index in [0.717, 1.165) is 43.3 Å². The summed E-state index contributed by atoms with van der Waals surface area (Å²) in [5.74, 6) is 2.69. The van der Waals surface area contributed by atoms with E-state index in [0.29, 0.717) is 11.8 Å². The summed E-state index contributed by atoms with van der Waals surface area (Å²) in [5.41, 5.74) is 1.16. The Kier molecular flexibility index (Phi) is 7.30. The molecule has 0 amide bonds. The van der Waals surface area contributed by atoms with E-state index >= 15 is 0 Å². The first kappa shape index (κ1) is 16.7. The highest BCUT2D eigenvalue weighted by atomic mass is 16.5. The molecule has 1 atom stereocenters. The van der Waals surface area contributed by atoms with E-state index in [4.69, 9.17) is 4.74 Å². The lowest BCUT2D eigenvalue weighted by Crippen LogP contribution is -2.18. The van der Waals surface area contributed by atoms with Gasteiger partial charge in [-0.2, -0.15) is 0 Å². The predicted octanol–water partition coefficient (Wildman–Crippen LogP) is 3.12. The number of nitrogens with one attached hydrogen (secondary N) is 2. The lowest BCUT2D eigenvalue weighted by atomic mass is 10.0. The smallest absolute Gasteiger partial charge is 0.134 e. The zero-order valence-corrected chi connectivity index (χ0v) is 13.4. The topological polar surface area (TPSA) is 59.1 Å². The van der Waals surface area contributed by atoms with Crippen LogP contribution in [0.25, 0.3) is 0 Å². The lowest BCUT2D eigenvalue weighted by Gasteiger charge is -2.19. The van der Waals surface area contributed by atoms with Crippen molar-refractivity contribution in [3.05, 3.63) is 11.9 Å². The standard InChI is InChI=1S/C15H28N4O/c1-6-7-16-14-13(11(2)3)15(19-10-18-14)17-8-12(4)9-20-5/h10-12H,6-9H2,1-5H3,(H2,16,17,18,19). The zero-order chi connectivity index (χ0) is 15.0. The summed E-state index contributed by atoms with van der Waals surface area (Å²) in [6.45, 7) is 11.2. The van der Waals surface area contributed by atoms with Crippen LogP contribution in [-0.4, -0.2) is 36.8 Å². The minimum absolute atomic E-state index is 0.371. The van der Waals surface area contributed by atoms with Gasteiger partial charge in [0.1, 0.15) is 18.0 Å². The van der Waals surface area contributed by atoms with Gasteiger partial charge in [-0.15, -0.1) is 0 Å². The van der Waals surface area contributed by atoms with Crippen molar-refractivity contribution in [1.29, 1.82) is 0 Å². The van der Waals surface area contributed by atoms with Crippen LogP contribution in [0, 0.1) is 5.92 Å². The fourth-order valence-electron chi connectivity index (χ4n) is 2.08. The minimum atomic E-state index is 0.371. The van der Waals surface area contributed by atoms with Gasteiger partial charge in [0.05, 0.1) is 6.61 Å². The molecule has 0 aliphatic carbocycles. The third-order valence-electron chi connectivity index (χ3n) is 3.07. The van der Waals surface area contributed by atoms with Gasteiger partial charge in [0.15, 0.2) is 0 Å². The maximum absolute atomic E-state index is 5.16. The second kappa shape index (κ2) is 8.74. The number of anilines is 2. The van der Waals surface area contributed by atoms with Crippen LogP contribution in [0.4, 0.5) is 11.6 Å². The summed E-state index contributed by atoms with van der Waals surface area (Å²) in [6.07, 6.45) is 2.70. The molecule has 0 saturated heterocycles. The van der Waals surface area contributed by atoms with Gasteiger partial charge in [0.2, 0.25) is 0 Å². The molecule has 0 spiro atoms. The monoisotopic (exact) mass is 280 g/mol. The maximum Gasteiger partial charge on any atom is 0.134 e. The van der Waals surface area contributed by atoms with Crippen molar-refractivity contribution in [1.82, 2.24) is 9.97 Å². The van der Waals surface area contributed by atoms with Crippen LogP contribution in [0.5, 0.6) is 0 Å². The summed E-state index contributed by atoms with van der Waals surface area (Å²) in [7, 11) is 1.73. The average molecular weight is 280 g/mol. The van der Waals surface area contributed by atoms with Crippen molar-refractivity contribution in [3.63, 3.8) is 0 Å². The van der Waals surface area contributed by atoms with Crippen LogP contribution in [0.3, 0.4) is 0 Å². The molecular weight excluding hydrogens is 252 g/mol. The fourth-order valence-corrected chi connectivity index (χ4v) is 2.08. The van der Waals surface area contributed by atoms with Crippen LogP contribution in [-0.2, 0) is 4.74 Å². The normalized spacial score (nSPS) is 12.5. The Hall–Kier alpha value is -1.36. The summed E-state index contributed by atoms with van der Waals surface area (Å²) in [6, 6.07) is 0. The first-order chi connectivity index (χ1) is 9.60. The molecule has 0 aliphatic heterocycles. The highest BCUT2D eigenvalue weighted by molar-refractivity contribution is 5.59. The molecule has 1 heterocycles. The number of rotatable bonds is 9. The van der Waals surface area contributed by atoms with Gasteiger partial charge in [-0.05, 0) is 18.3 Å². The molecule has 0 radical (unpaired) electrons. The van der Waals surface area contributed by atoms with E-state index in [1.54, 1.807) is 13.4 Å². The molecule has 0 bridgehead atoms. The molecule has 0 aliphatic rings. The van der Waals surface area contributed by atoms with Crippen LogP contribution in [0.2, 0.25) is 0 Å². The highest BCUT2D eigenvalue weighted by Crippen LogP contribution is 2.28. The van der Waals surface area contributed by atoms with Gasteiger partial charge < -0.3 is 15.4 Å². The molecule has 1 aromatic heterocycles. The lowest BCUT2D eigenvalue weighted by molar-refractivity contribution is 0.164. The summed E-state index contributed by atoms with van der Waals surface area (Å²) >= 11 is 0. The molecule has 1 rings (SSSR count). The third kappa shape index (κ3) is 4.96. The first-order valence-electron chi connectivity index (χ1n) is 7.41. The summed E-state index contributed by atoms with van der Waals surface area (Å²) in [5, 5.41) is 6.81. The third-order valence-corrected chi connectivity index (χ3v) is 3.07. The minimum Gasteiger partial charge on any atom is -0.384 e. The predicted molar refractivity (Wildman–Crippen MR) is 84.4 cm³/mol. The number of aromatic nitrogens is 2. The molecule has 20 heavy (non-hydrogen) atoms. The molecular formula is C15H28N4O. The number of ether oxygens (including phenoxy) is 1. The van der Waals surface area contributed by atoms with E-state index < -0.39 is 0 Å². The first-order valence-corrected chi connectivity index (χ1v) is 7.41. The van der Waals surface area contributed by atoms with E-state index in [1.165, 1.54) is 0 Å². The molecule has 114 valence electrons. The number of hydrogen-bond donors (Lipinski definition) is 2. The van der Waals surface area contributed by atoms with Gasteiger partial charge in [0, 0.05) is 25.8 Å². The summed E-state index contributed by atoms with van der Waals surface area (Å²) in [4.78, 5) is 8.77. The Bertz CT molecular complexity index is 395. The fraction of sp³-hybridized carbons (Fsp3) is 0.733. The van der Waals surface area contributed by atoms with E-state index in [-0.39, 0.29) is 0 Å². The van der Waals surface area contributed by atoms with Crippen molar-refractivity contribution in [3.8, 4) is 0 Å². The SMILES string of the molecule is CCCNc1ncnc(NCC(C)COC)c1C(C)C. The Morgan fingerprint density at radius 1 is 1.15 bits per heavy atom. The van der Waals surface area contributed by atoms with E-state index in [1.807, 2.05) is 0 Å². The van der Waals surface area contributed by atoms with Gasteiger partial charge in [-0.3, -0.25) is 0 Å². The van der Waals surface area contributed by atoms with Crippen molar-refractivity contribution in [2.75, 3.05) is 37.4 Å². The van der Waals surface area contributed by atoms with Gasteiger partial charge in [-0.1, -0.05) is 27.7 Å². The highest BCUT2D eigenvalue weighted by Gasteiger charge is 2.15. The van der Waals surface area contributed by atoms with E-state index in [2.05, 4.69) is 48.3 Å². The molecule has 1 unspecified atom stereocenters. The van der Waals surface area contributed by atoms with Crippen molar-refractivity contribution >= 4 is 11.6 Å². The molecule has 0 saturated carbocycles. The molecule has 1 aromatic rings. The Morgan fingerprint density at radius 3 is 2.35 bits per heavy atom. The van der Waals surface area contributed by atoms with Crippen molar-refractivity contribution in [2.24, 2.45) is 5.92 Å². The second-order valence-corrected chi connectivity index (χ2v) is 5.51. The zero-order valence-electron chi connectivity index (χ0n) is 13.4. The number of methoxy groups -OCH3 is 1. The van der Waals surface area contributed by atoms with Gasteiger partial charge in [0.25, 0.3) is 0 Å². The number of nitrogens with zero attached hydrogens (tertiary/aromatic N) is 2. The van der Waals surface area contributed by atoms with Crippen molar-refractivity contribution in [2.45, 2.75) is 40.0 Å². The van der Waals surface area contributed by atoms with Crippen molar-refractivity contribution < 1.29 is 4.74 Å². The second-order valence-electron chi connectivity index (χ2n) is 5.51.